The monoisotopic (exact) mass is 201 g/mol. The van der Waals surface area contributed by atoms with Crippen molar-refractivity contribution < 1.29 is 0 Å². The lowest BCUT2D eigenvalue weighted by atomic mass is 10.1. The number of benzene rings is 1. The van der Waals surface area contributed by atoms with E-state index >= 15 is 0 Å². The van der Waals surface area contributed by atoms with Crippen LogP contribution in [0.15, 0.2) is 30.3 Å². The lowest BCUT2D eigenvalue weighted by Gasteiger charge is -2.03. The summed E-state index contributed by atoms with van der Waals surface area (Å²) < 4.78 is 0. The van der Waals surface area contributed by atoms with Crippen LogP contribution < -0.4 is 5.32 Å². The largest absolute Gasteiger partial charge is 0.314 e. The Morgan fingerprint density at radius 3 is 2.87 bits per heavy atom. The van der Waals surface area contributed by atoms with Crippen molar-refractivity contribution in [2.45, 2.75) is 31.7 Å². The fourth-order valence-corrected chi connectivity index (χ4v) is 1.68. The number of likely N-dealkylation sites (N-methyl/N-ethyl adjacent to an activating group) is 1. The molecule has 0 radical (unpaired) electrons. The average Bonchev–Trinajstić information content (AvgIpc) is 3.10. The zero-order chi connectivity index (χ0) is 10.7. The van der Waals surface area contributed by atoms with Gasteiger partial charge in [0.1, 0.15) is 0 Å². The Balaban J connectivity index is 2.07. The first kappa shape index (κ1) is 10.4. The van der Waals surface area contributed by atoms with E-state index in [0.717, 1.165) is 5.92 Å². The van der Waals surface area contributed by atoms with E-state index in [2.05, 4.69) is 48.7 Å². The maximum absolute atomic E-state index is 3.20. The van der Waals surface area contributed by atoms with Crippen LogP contribution in [0.25, 0.3) is 6.08 Å². The molecule has 1 aliphatic rings. The van der Waals surface area contributed by atoms with E-state index in [-0.39, 0.29) is 0 Å². The molecule has 0 bridgehead atoms. The molecule has 0 amide bonds. The SMILES string of the molecule is CNC(C)/C=C/c1cccc(C2CC2)c1. The van der Waals surface area contributed by atoms with Crippen molar-refractivity contribution in [3.05, 3.63) is 41.5 Å². The van der Waals surface area contributed by atoms with Crippen LogP contribution in [0.5, 0.6) is 0 Å². The summed E-state index contributed by atoms with van der Waals surface area (Å²) in [6, 6.07) is 9.34. The van der Waals surface area contributed by atoms with Gasteiger partial charge in [-0.05, 0) is 43.9 Å². The lowest BCUT2D eigenvalue weighted by molar-refractivity contribution is 0.731. The molecule has 0 aliphatic heterocycles. The molecule has 1 fully saturated rings. The lowest BCUT2D eigenvalue weighted by Crippen LogP contribution is -2.17. The van der Waals surface area contributed by atoms with E-state index in [1.54, 1.807) is 0 Å². The highest BCUT2D eigenvalue weighted by Gasteiger charge is 2.22. The van der Waals surface area contributed by atoms with E-state index in [9.17, 15) is 0 Å². The molecule has 0 heterocycles. The topological polar surface area (TPSA) is 12.0 Å². The highest BCUT2D eigenvalue weighted by atomic mass is 14.8. The molecule has 1 nitrogen and oxygen atoms in total. The second kappa shape index (κ2) is 4.63. The molecule has 2 rings (SSSR count). The normalized spacial score (nSPS) is 18.3. The quantitative estimate of drug-likeness (QED) is 0.789. The number of rotatable bonds is 4. The van der Waals surface area contributed by atoms with Crippen LogP contribution in [0.1, 0.15) is 36.8 Å². The minimum Gasteiger partial charge on any atom is -0.314 e. The summed E-state index contributed by atoms with van der Waals surface area (Å²) in [5.74, 6) is 0.847. The molecule has 1 N–H and O–H groups in total. The van der Waals surface area contributed by atoms with Crippen LogP contribution in [0, 0.1) is 0 Å². The summed E-state index contributed by atoms with van der Waals surface area (Å²) in [6.07, 6.45) is 7.15. The van der Waals surface area contributed by atoms with Crippen molar-refractivity contribution in [3.63, 3.8) is 0 Å². The molecular formula is C14H19N. The Bertz CT molecular complexity index is 350. The van der Waals surface area contributed by atoms with Gasteiger partial charge in [0.2, 0.25) is 0 Å². The molecule has 80 valence electrons. The smallest absolute Gasteiger partial charge is 0.0221 e. The Morgan fingerprint density at radius 1 is 1.40 bits per heavy atom. The highest BCUT2D eigenvalue weighted by Crippen LogP contribution is 2.40. The molecule has 0 saturated heterocycles. The summed E-state index contributed by atoms with van der Waals surface area (Å²) in [5.41, 5.74) is 2.83. The van der Waals surface area contributed by atoms with Gasteiger partial charge < -0.3 is 5.32 Å². The van der Waals surface area contributed by atoms with Gasteiger partial charge in [-0.15, -0.1) is 0 Å². The van der Waals surface area contributed by atoms with E-state index in [0.29, 0.717) is 6.04 Å². The van der Waals surface area contributed by atoms with Crippen LogP contribution in [-0.2, 0) is 0 Å². The first-order valence-electron chi connectivity index (χ1n) is 5.75. The average molecular weight is 201 g/mol. The second-order valence-electron chi connectivity index (χ2n) is 4.38. The molecule has 1 heteroatoms. The van der Waals surface area contributed by atoms with E-state index in [4.69, 9.17) is 0 Å². The molecule has 0 spiro atoms. The van der Waals surface area contributed by atoms with Gasteiger partial charge in [-0.25, -0.2) is 0 Å². The molecular weight excluding hydrogens is 182 g/mol. The summed E-state index contributed by atoms with van der Waals surface area (Å²) in [4.78, 5) is 0. The number of hydrogen-bond acceptors (Lipinski definition) is 1. The molecule has 0 aromatic heterocycles. The van der Waals surface area contributed by atoms with Gasteiger partial charge in [0.25, 0.3) is 0 Å². The van der Waals surface area contributed by atoms with E-state index < -0.39 is 0 Å². The Hall–Kier alpha value is -1.08. The van der Waals surface area contributed by atoms with Crippen molar-refractivity contribution in [2.24, 2.45) is 0 Å². The minimum atomic E-state index is 0.439. The molecule has 1 aliphatic carbocycles. The molecule has 15 heavy (non-hydrogen) atoms. The molecule has 1 aromatic carbocycles. The van der Waals surface area contributed by atoms with Gasteiger partial charge in [0, 0.05) is 6.04 Å². The van der Waals surface area contributed by atoms with Crippen molar-refractivity contribution in [1.82, 2.24) is 5.32 Å². The van der Waals surface area contributed by atoms with E-state index in [1.165, 1.54) is 24.0 Å². The van der Waals surface area contributed by atoms with Gasteiger partial charge in [0.15, 0.2) is 0 Å². The maximum Gasteiger partial charge on any atom is 0.0221 e. The van der Waals surface area contributed by atoms with Crippen LogP contribution in [0.3, 0.4) is 0 Å². The third-order valence-electron chi connectivity index (χ3n) is 2.99. The third kappa shape index (κ3) is 2.93. The summed E-state index contributed by atoms with van der Waals surface area (Å²) in [5, 5.41) is 3.20. The minimum absolute atomic E-state index is 0.439. The zero-order valence-electron chi connectivity index (χ0n) is 9.53. The van der Waals surface area contributed by atoms with Gasteiger partial charge in [-0.2, -0.15) is 0 Å². The Labute approximate surface area is 92.2 Å². The van der Waals surface area contributed by atoms with Gasteiger partial charge in [-0.3, -0.25) is 0 Å². The predicted molar refractivity (Wildman–Crippen MR) is 66.0 cm³/mol. The zero-order valence-corrected chi connectivity index (χ0v) is 9.53. The van der Waals surface area contributed by atoms with Gasteiger partial charge in [-0.1, -0.05) is 36.4 Å². The van der Waals surface area contributed by atoms with E-state index in [1.807, 2.05) is 7.05 Å². The summed E-state index contributed by atoms with van der Waals surface area (Å²) in [6.45, 7) is 2.15. The number of nitrogens with one attached hydrogen (secondary N) is 1. The van der Waals surface area contributed by atoms with Crippen molar-refractivity contribution in [3.8, 4) is 0 Å². The second-order valence-corrected chi connectivity index (χ2v) is 4.38. The molecule has 1 unspecified atom stereocenters. The highest BCUT2D eigenvalue weighted by molar-refractivity contribution is 5.51. The van der Waals surface area contributed by atoms with Crippen molar-refractivity contribution >= 4 is 6.08 Å². The van der Waals surface area contributed by atoms with Crippen LogP contribution >= 0.6 is 0 Å². The summed E-state index contributed by atoms with van der Waals surface area (Å²) >= 11 is 0. The summed E-state index contributed by atoms with van der Waals surface area (Å²) in [7, 11) is 1.98. The fraction of sp³-hybridized carbons (Fsp3) is 0.429. The Morgan fingerprint density at radius 2 is 2.20 bits per heavy atom. The molecule has 1 aromatic rings. The maximum atomic E-state index is 3.20. The first-order valence-corrected chi connectivity index (χ1v) is 5.75. The van der Waals surface area contributed by atoms with Gasteiger partial charge >= 0.3 is 0 Å². The van der Waals surface area contributed by atoms with Crippen LogP contribution in [0.2, 0.25) is 0 Å². The van der Waals surface area contributed by atoms with Crippen molar-refractivity contribution in [2.75, 3.05) is 7.05 Å². The first-order chi connectivity index (χ1) is 7.29. The van der Waals surface area contributed by atoms with Crippen molar-refractivity contribution in [1.29, 1.82) is 0 Å². The van der Waals surface area contributed by atoms with Crippen LogP contribution in [-0.4, -0.2) is 13.1 Å². The van der Waals surface area contributed by atoms with Crippen LogP contribution in [0.4, 0.5) is 0 Å². The number of hydrogen-bond donors (Lipinski definition) is 1. The predicted octanol–water partition coefficient (Wildman–Crippen LogP) is 3.19. The standard InChI is InChI=1S/C14H19N/c1-11(15-2)6-7-12-4-3-5-14(10-12)13-8-9-13/h3-7,10-11,13,15H,8-9H2,1-2H3/b7-6+. The Kier molecular flexibility index (Phi) is 3.22. The molecule has 1 atom stereocenters. The molecule has 1 saturated carbocycles. The fourth-order valence-electron chi connectivity index (χ4n) is 1.68. The van der Waals surface area contributed by atoms with Gasteiger partial charge in [0.05, 0.1) is 0 Å². The third-order valence-corrected chi connectivity index (χ3v) is 2.99.